The zero-order valence-electron chi connectivity index (χ0n) is 15.4. The molecule has 1 heterocycles. The molecule has 1 fully saturated rings. The molecular weight excluding hydrogens is 385 g/mol. The lowest BCUT2D eigenvalue weighted by atomic mass is 10.2. The number of carbonyl (C=O) groups is 1. The molecule has 2 aromatic rings. The maximum atomic E-state index is 13.4. The van der Waals surface area contributed by atoms with Crippen LogP contribution in [-0.2, 0) is 4.74 Å². The van der Waals surface area contributed by atoms with Crippen LogP contribution in [0.4, 0.5) is 10.1 Å². The number of anilines is 1. The van der Waals surface area contributed by atoms with Crippen LogP contribution in [0.15, 0.2) is 47.5 Å². The predicted octanol–water partition coefficient (Wildman–Crippen LogP) is 3.86. The minimum absolute atomic E-state index is 0.0160. The summed E-state index contributed by atoms with van der Waals surface area (Å²) >= 11 is 5.84. The number of hydrogen-bond donors (Lipinski definition) is 2. The van der Waals surface area contributed by atoms with Gasteiger partial charge in [0.25, 0.3) is 5.91 Å². The lowest BCUT2D eigenvalue weighted by Crippen LogP contribution is -2.36. The summed E-state index contributed by atoms with van der Waals surface area (Å²) < 4.78 is 24.1. The zero-order valence-corrected chi connectivity index (χ0v) is 16.1. The van der Waals surface area contributed by atoms with Crippen molar-refractivity contribution in [2.24, 2.45) is 4.99 Å². The van der Waals surface area contributed by atoms with Crippen LogP contribution in [0.2, 0.25) is 5.02 Å². The Kier molecular flexibility index (Phi) is 6.84. The quantitative estimate of drug-likeness (QED) is 0.585. The minimum atomic E-state index is -0.523. The van der Waals surface area contributed by atoms with Gasteiger partial charge in [0.05, 0.1) is 24.8 Å². The first kappa shape index (κ1) is 20.1. The number of guanidine groups is 1. The van der Waals surface area contributed by atoms with E-state index in [1.54, 1.807) is 24.3 Å². The summed E-state index contributed by atoms with van der Waals surface area (Å²) in [6, 6.07) is 11.0. The van der Waals surface area contributed by atoms with Crippen molar-refractivity contribution in [3.05, 3.63) is 58.9 Å². The van der Waals surface area contributed by atoms with Crippen LogP contribution in [0.25, 0.3) is 0 Å². The molecule has 1 aliphatic rings. The number of methoxy groups -OCH3 is 1. The Morgan fingerprint density at radius 2 is 2.21 bits per heavy atom. The number of nitrogens with zero attached hydrogens (tertiary/aromatic N) is 1. The molecule has 0 radical (unpaired) electrons. The van der Waals surface area contributed by atoms with E-state index >= 15 is 0 Å². The first-order valence-corrected chi connectivity index (χ1v) is 9.26. The molecule has 1 atom stereocenters. The Hall–Kier alpha value is -2.64. The van der Waals surface area contributed by atoms with Gasteiger partial charge in [0.15, 0.2) is 0 Å². The Morgan fingerprint density at radius 3 is 2.93 bits per heavy atom. The summed E-state index contributed by atoms with van der Waals surface area (Å²) in [4.78, 5) is 17.1. The van der Waals surface area contributed by atoms with Crippen LogP contribution in [0.1, 0.15) is 23.2 Å². The highest BCUT2D eigenvalue weighted by Crippen LogP contribution is 2.19. The van der Waals surface area contributed by atoms with Gasteiger partial charge in [-0.2, -0.15) is 0 Å². The van der Waals surface area contributed by atoms with Crippen LogP contribution in [0, 0.1) is 5.82 Å². The molecular formula is C20H21ClFN3O3. The molecule has 0 aromatic heterocycles. The lowest BCUT2D eigenvalue weighted by Gasteiger charge is -2.14. The number of benzene rings is 2. The Labute approximate surface area is 167 Å². The van der Waals surface area contributed by atoms with Crippen LogP contribution < -0.4 is 15.4 Å². The second-order valence-corrected chi connectivity index (χ2v) is 6.67. The average Bonchev–Trinajstić information content (AvgIpc) is 3.22. The molecule has 1 amide bonds. The van der Waals surface area contributed by atoms with Crippen molar-refractivity contribution in [3.8, 4) is 5.75 Å². The molecule has 1 aliphatic heterocycles. The number of nitrogens with one attached hydrogen (secondary N) is 2. The number of hydrogen-bond acceptors (Lipinski definition) is 4. The summed E-state index contributed by atoms with van der Waals surface area (Å²) in [7, 11) is 1.53. The highest BCUT2D eigenvalue weighted by Gasteiger charge is 2.16. The zero-order chi connectivity index (χ0) is 19.9. The van der Waals surface area contributed by atoms with Gasteiger partial charge in [-0.15, -0.1) is 0 Å². The molecule has 6 nitrogen and oxygen atoms in total. The van der Waals surface area contributed by atoms with Gasteiger partial charge in [0, 0.05) is 17.9 Å². The number of rotatable bonds is 5. The van der Waals surface area contributed by atoms with Gasteiger partial charge in [-0.1, -0.05) is 17.7 Å². The van der Waals surface area contributed by atoms with E-state index in [1.807, 2.05) is 0 Å². The van der Waals surface area contributed by atoms with Crippen molar-refractivity contribution in [3.63, 3.8) is 0 Å². The summed E-state index contributed by atoms with van der Waals surface area (Å²) in [6.07, 6.45) is 1.93. The molecule has 148 valence electrons. The number of amides is 1. The van der Waals surface area contributed by atoms with E-state index in [0.717, 1.165) is 12.8 Å². The fourth-order valence-corrected chi connectivity index (χ4v) is 2.93. The monoisotopic (exact) mass is 405 g/mol. The largest absolute Gasteiger partial charge is 0.497 e. The Morgan fingerprint density at radius 1 is 1.36 bits per heavy atom. The van der Waals surface area contributed by atoms with E-state index in [4.69, 9.17) is 21.1 Å². The molecule has 3 rings (SSSR count). The highest BCUT2D eigenvalue weighted by atomic mass is 35.5. The molecule has 8 heteroatoms. The molecule has 1 saturated heterocycles. The summed E-state index contributed by atoms with van der Waals surface area (Å²) in [5, 5.41) is 5.70. The second kappa shape index (κ2) is 9.52. The van der Waals surface area contributed by atoms with Gasteiger partial charge in [0.2, 0.25) is 5.96 Å². The smallest absolute Gasteiger partial charge is 0.258 e. The fraction of sp³-hybridized carbons (Fsp3) is 0.300. The Balaban J connectivity index is 1.76. The normalized spacial score (nSPS) is 16.7. The molecule has 28 heavy (non-hydrogen) atoms. The van der Waals surface area contributed by atoms with E-state index in [0.29, 0.717) is 30.2 Å². The fourth-order valence-electron chi connectivity index (χ4n) is 2.75. The van der Waals surface area contributed by atoms with Crippen molar-refractivity contribution in [2.45, 2.75) is 18.9 Å². The van der Waals surface area contributed by atoms with Gasteiger partial charge in [-0.05, 0) is 49.2 Å². The first-order chi connectivity index (χ1) is 13.5. The molecule has 2 N–H and O–H groups in total. The SMILES string of the molecule is COc1cccc(C(=O)NC(=NC[C@H]2CCCO2)Nc2ccc(F)c(Cl)c2)c1. The summed E-state index contributed by atoms with van der Waals surface area (Å²) in [5.74, 6) is -0.0778. The minimum Gasteiger partial charge on any atom is -0.497 e. The van der Waals surface area contributed by atoms with Gasteiger partial charge >= 0.3 is 0 Å². The molecule has 0 aliphatic carbocycles. The van der Waals surface area contributed by atoms with Gasteiger partial charge in [0.1, 0.15) is 11.6 Å². The number of ether oxygens (including phenoxy) is 2. The van der Waals surface area contributed by atoms with E-state index < -0.39 is 5.82 Å². The van der Waals surface area contributed by atoms with Gasteiger partial charge in [-0.3, -0.25) is 10.1 Å². The highest BCUT2D eigenvalue weighted by molar-refractivity contribution is 6.31. The summed E-state index contributed by atoms with van der Waals surface area (Å²) in [5.41, 5.74) is 0.923. The third-order valence-electron chi connectivity index (χ3n) is 4.22. The van der Waals surface area contributed by atoms with Crippen LogP contribution in [-0.4, -0.2) is 38.2 Å². The van der Waals surface area contributed by atoms with E-state index in [-0.39, 0.29) is 23.0 Å². The van der Waals surface area contributed by atoms with Crippen molar-refractivity contribution < 1.29 is 18.7 Å². The molecule has 0 saturated carbocycles. The third-order valence-corrected chi connectivity index (χ3v) is 4.51. The first-order valence-electron chi connectivity index (χ1n) is 8.88. The molecule has 0 spiro atoms. The predicted molar refractivity (Wildman–Crippen MR) is 107 cm³/mol. The number of halogens is 2. The van der Waals surface area contributed by atoms with Crippen molar-refractivity contribution in [1.29, 1.82) is 0 Å². The standard InChI is InChI=1S/C20H21ClFN3O3/c1-27-15-5-2-4-13(10-15)19(26)25-20(23-12-16-6-3-9-28-16)24-14-7-8-18(22)17(21)11-14/h2,4-5,7-8,10-11,16H,3,6,9,12H2,1H3,(H2,23,24,25,26)/t16-/m1/s1. The van der Waals surface area contributed by atoms with Gasteiger partial charge < -0.3 is 14.8 Å². The van der Waals surface area contributed by atoms with E-state index in [1.165, 1.54) is 25.3 Å². The molecule has 0 unspecified atom stereocenters. The average molecular weight is 406 g/mol. The Bertz CT molecular complexity index is 870. The maximum Gasteiger partial charge on any atom is 0.258 e. The number of carbonyl (C=O) groups excluding carboxylic acids is 1. The van der Waals surface area contributed by atoms with Crippen LogP contribution in [0.5, 0.6) is 5.75 Å². The topological polar surface area (TPSA) is 72.0 Å². The second-order valence-electron chi connectivity index (χ2n) is 6.26. The van der Waals surface area contributed by atoms with Crippen molar-refractivity contribution in [1.82, 2.24) is 5.32 Å². The van der Waals surface area contributed by atoms with E-state index in [9.17, 15) is 9.18 Å². The summed E-state index contributed by atoms with van der Waals surface area (Å²) in [6.45, 7) is 1.11. The van der Waals surface area contributed by atoms with Crippen molar-refractivity contribution in [2.75, 3.05) is 25.6 Å². The van der Waals surface area contributed by atoms with Crippen LogP contribution >= 0.6 is 11.6 Å². The van der Waals surface area contributed by atoms with E-state index in [2.05, 4.69) is 15.6 Å². The lowest BCUT2D eigenvalue weighted by molar-refractivity contribution is 0.0975. The molecule has 0 bridgehead atoms. The third kappa shape index (κ3) is 5.43. The van der Waals surface area contributed by atoms with Crippen molar-refractivity contribution >= 4 is 29.2 Å². The van der Waals surface area contributed by atoms with Gasteiger partial charge in [-0.25, -0.2) is 9.38 Å². The number of aliphatic imine (C=N–C) groups is 1. The maximum absolute atomic E-state index is 13.4. The molecule has 2 aromatic carbocycles. The van der Waals surface area contributed by atoms with Crippen LogP contribution in [0.3, 0.4) is 0 Å².